The minimum atomic E-state index is -1.77. The van der Waals surface area contributed by atoms with Crippen molar-refractivity contribution in [3.05, 3.63) is 23.8 Å². The summed E-state index contributed by atoms with van der Waals surface area (Å²) in [5.41, 5.74) is -6.64. The number of carbonyl (C=O) groups is 2. The second-order valence-corrected chi connectivity index (χ2v) is 20.3. The van der Waals surface area contributed by atoms with Crippen LogP contribution in [0.15, 0.2) is 23.8 Å². The molecule has 58 heavy (non-hydrogen) atoms. The monoisotopic (exact) mass is 807 g/mol. The Hall–Kier alpha value is -2.22. The van der Waals surface area contributed by atoms with Gasteiger partial charge in [-0.25, -0.2) is 0 Å². The molecular weight excluding hydrogens is 743 g/mol. The van der Waals surface area contributed by atoms with Crippen LogP contribution in [-0.2, 0) is 23.8 Å². The number of aliphatic hydroxyl groups is 5. The second-order valence-electron chi connectivity index (χ2n) is 20.3. The topological polar surface area (TPSA) is 190 Å². The molecule has 3 saturated carbocycles. The van der Waals surface area contributed by atoms with E-state index in [4.69, 9.17) is 14.2 Å². The largest absolute Gasteiger partial charge is 0.392 e. The number of hydrogen-bond acceptors (Lipinski definition) is 12. The quantitative estimate of drug-likeness (QED) is 0.0765. The molecule has 11 rings (SSSR count). The highest BCUT2D eigenvalue weighted by atomic mass is 16.5. The Balaban J connectivity index is 1.13. The van der Waals surface area contributed by atoms with Crippen molar-refractivity contribution < 1.29 is 49.3 Å². The van der Waals surface area contributed by atoms with Gasteiger partial charge < -0.3 is 50.0 Å². The van der Waals surface area contributed by atoms with Crippen molar-refractivity contribution in [2.24, 2.45) is 45.8 Å². The lowest BCUT2D eigenvalue weighted by atomic mass is 9.39. The molecule has 3 saturated heterocycles. The maximum absolute atomic E-state index is 14.5. The third-order valence-corrected chi connectivity index (χ3v) is 17.3. The van der Waals surface area contributed by atoms with E-state index in [1.807, 2.05) is 17.9 Å². The molecule has 0 radical (unpaired) electrons. The van der Waals surface area contributed by atoms with Gasteiger partial charge in [-0.05, 0) is 94.3 Å². The fraction of sp³-hybridized carbons (Fsp3) is 0.822. The Morgan fingerprint density at radius 3 is 2.64 bits per heavy atom. The fourth-order valence-electron chi connectivity index (χ4n) is 14.0. The molecule has 13 heteroatoms. The number of piperidine rings is 1. The van der Waals surface area contributed by atoms with Gasteiger partial charge in [-0.2, -0.15) is 0 Å². The normalized spacial score (nSPS) is 51.7. The minimum Gasteiger partial charge on any atom is -0.392 e. The molecule has 0 unspecified atom stereocenters. The molecule has 0 aromatic carbocycles. The zero-order valence-electron chi connectivity index (χ0n) is 34.8. The number of allylic oxidation sites excluding steroid dienone is 1. The molecule has 11 aliphatic rings. The van der Waals surface area contributed by atoms with Crippen LogP contribution in [0.5, 0.6) is 0 Å². The van der Waals surface area contributed by atoms with Crippen LogP contribution in [0.4, 0.5) is 0 Å². The smallest absolute Gasteiger partial charge is 0.240 e. The molecular formula is C45H65N3O10. The molecule has 9 bridgehead atoms. The van der Waals surface area contributed by atoms with Crippen LogP contribution in [0.2, 0.25) is 0 Å². The summed E-state index contributed by atoms with van der Waals surface area (Å²) in [6.07, 6.45) is 6.41. The summed E-state index contributed by atoms with van der Waals surface area (Å²) < 4.78 is 18.2. The lowest BCUT2D eigenvalue weighted by Crippen LogP contribution is -2.71. The number of methoxy groups -OCH3 is 1. The Morgan fingerprint density at radius 2 is 1.88 bits per heavy atom. The van der Waals surface area contributed by atoms with Crippen LogP contribution in [0.3, 0.4) is 0 Å². The number of nitrogens with zero attached hydrogens (tertiary/aromatic N) is 1. The minimum absolute atomic E-state index is 0.0174. The van der Waals surface area contributed by atoms with Crippen LogP contribution in [-0.4, -0.2) is 142 Å². The molecule has 7 N–H and O–H groups in total. The van der Waals surface area contributed by atoms with Crippen LogP contribution < -0.4 is 10.6 Å². The zero-order chi connectivity index (χ0) is 41.2. The van der Waals surface area contributed by atoms with E-state index in [-0.39, 0.29) is 41.6 Å². The van der Waals surface area contributed by atoms with Crippen molar-refractivity contribution in [3.63, 3.8) is 0 Å². The maximum atomic E-state index is 14.5. The Bertz CT molecular complexity index is 1810. The fourth-order valence-corrected chi connectivity index (χ4v) is 14.0. The summed E-state index contributed by atoms with van der Waals surface area (Å²) in [6, 6.07) is -0.832. The molecule has 0 aromatic rings. The van der Waals surface area contributed by atoms with Crippen molar-refractivity contribution in [1.82, 2.24) is 15.5 Å². The summed E-state index contributed by atoms with van der Waals surface area (Å²) in [5.74, 6) is 5.04. The van der Waals surface area contributed by atoms with E-state index in [1.54, 1.807) is 33.1 Å². The van der Waals surface area contributed by atoms with E-state index in [1.165, 1.54) is 0 Å². The number of ether oxygens (including phenoxy) is 3. The van der Waals surface area contributed by atoms with E-state index in [2.05, 4.69) is 29.4 Å². The predicted molar refractivity (Wildman–Crippen MR) is 211 cm³/mol. The SMILES string of the molecule is COCCCO[C@H]1CC[C@@]2(C)[C@@H](C1)C(=O)C=C1[C@]3(O)CC[C@@H]4[C@](C)(O)[C@H](O)[C@H]5O[C@H]6[C@H]([C@@H]7C=C[C@@]6(O)N[C@@H]7C(=O)N6C[C@@H]6CC#C[C@]12CC[C@]43C)[C@H]5CNC[C@H](C)O. The second kappa shape index (κ2) is 14.2. The zero-order valence-corrected chi connectivity index (χ0v) is 34.8. The highest BCUT2D eigenvalue weighted by Gasteiger charge is 2.74. The van der Waals surface area contributed by atoms with Gasteiger partial charge in [0, 0.05) is 75.5 Å². The first kappa shape index (κ1) is 41.1. The molecule has 13 nitrogen and oxygen atoms in total. The summed E-state index contributed by atoms with van der Waals surface area (Å²) >= 11 is 0. The highest BCUT2D eigenvalue weighted by Crippen LogP contribution is 2.73. The molecule has 320 valence electrons. The Labute approximate surface area is 342 Å². The molecule has 18 atom stereocenters. The van der Waals surface area contributed by atoms with Gasteiger partial charge in [-0.15, -0.1) is 5.92 Å². The van der Waals surface area contributed by atoms with Crippen LogP contribution >= 0.6 is 0 Å². The van der Waals surface area contributed by atoms with E-state index < -0.39 is 75.5 Å². The van der Waals surface area contributed by atoms with Crippen LogP contribution in [0, 0.1) is 57.7 Å². The van der Waals surface area contributed by atoms with Crippen molar-refractivity contribution in [1.29, 1.82) is 0 Å². The maximum Gasteiger partial charge on any atom is 0.240 e. The lowest BCUT2D eigenvalue weighted by Gasteiger charge is -2.64. The molecule has 6 aliphatic heterocycles. The third-order valence-electron chi connectivity index (χ3n) is 17.3. The van der Waals surface area contributed by atoms with E-state index in [0.29, 0.717) is 83.4 Å². The van der Waals surface area contributed by atoms with Gasteiger partial charge in [-0.1, -0.05) is 25.8 Å². The van der Waals surface area contributed by atoms with Gasteiger partial charge in [0.1, 0.15) is 12.2 Å². The summed E-state index contributed by atoms with van der Waals surface area (Å²) in [7, 11) is 1.67. The molecule has 6 fully saturated rings. The Morgan fingerprint density at radius 1 is 1.09 bits per heavy atom. The Kier molecular flexibility index (Phi) is 10.0. The van der Waals surface area contributed by atoms with Crippen LogP contribution in [0.25, 0.3) is 0 Å². The number of carbonyl (C=O) groups excluding carboxylic acids is 2. The van der Waals surface area contributed by atoms with Gasteiger partial charge in [-0.3, -0.25) is 14.9 Å². The molecule has 6 heterocycles. The molecule has 1 amide bonds. The first-order valence-electron chi connectivity index (χ1n) is 22.0. The highest BCUT2D eigenvalue weighted by molar-refractivity contribution is 5.96. The summed E-state index contributed by atoms with van der Waals surface area (Å²) in [4.78, 5) is 30.7. The van der Waals surface area contributed by atoms with Gasteiger partial charge in [0.2, 0.25) is 5.91 Å². The van der Waals surface area contributed by atoms with Crippen LogP contribution in [0.1, 0.15) is 85.5 Å². The average molecular weight is 808 g/mol. The molecule has 5 aliphatic carbocycles. The van der Waals surface area contributed by atoms with Gasteiger partial charge in [0.25, 0.3) is 0 Å². The number of aliphatic hydroxyl groups excluding tert-OH is 2. The van der Waals surface area contributed by atoms with Crippen molar-refractivity contribution in [3.8, 4) is 11.8 Å². The van der Waals surface area contributed by atoms with E-state index in [0.717, 1.165) is 12.8 Å². The molecule has 1 spiro atoms. The van der Waals surface area contributed by atoms with Gasteiger partial charge in [0.05, 0.1) is 47.0 Å². The standard InChI is InChI=1S/C45H65N3O10/c1-25(49)22-46-23-29-34-28-10-15-45(55)38(34)58-36(29)37(51)42(4,53)32-11-14-44(54)33-21-31(50)30-20-27(57-19-7-18-56-5)9-13-40(30,2)43(33,17-16-41(32,44)3)12-6-8-26-24-48(26)39(52)35(28)47-45/h10,15,21,25-30,32,34-38,46-47,49,51,53-55H,7-9,11,13-14,16-20,22-24H2,1-5H3/t25-,26-,27-,28-,29+,30-,32-,34+,35-,36-,37+,38-,40-,41+,42-,43-,44+,45-,48?/m0/s1. The van der Waals surface area contributed by atoms with Gasteiger partial charge >= 0.3 is 0 Å². The predicted octanol–water partition coefficient (Wildman–Crippen LogP) is 1.20. The number of amides is 1. The van der Waals surface area contributed by atoms with Crippen molar-refractivity contribution in [2.75, 3.05) is 40.0 Å². The number of fused-ring (bicyclic) bond motifs is 4. The van der Waals surface area contributed by atoms with Crippen molar-refractivity contribution >= 4 is 11.7 Å². The van der Waals surface area contributed by atoms with Gasteiger partial charge in [0.15, 0.2) is 11.5 Å². The number of hydrogen-bond donors (Lipinski definition) is 7. The molecule has 0 aromatic heterocycles. The van der Waals surface area contributed by atoms with Crippen molar-refractivity contribution in [2.45, 2.75) is 145 Å². The summed E-state index contributed by atoms with van der Waals surface area (Å²) in [5, 5.41) is 67.6. The average Bonchev–Trinajstić information content (AvgIpc) is 3.75. The number of ketones is 1. The first-order chi connectivity index (χ1) is 27.5. The lowest BCUT2D eigenvalue weighted by molar-refractivity contribution is -0.211. The number of nitrogens with one attached hydrogen (secondary N) is 2. The number of rotatable bonds is 9. The van der Waals surface area contributed by atoms with E-state index >= 15 is 0 Å². The summed E-state index contributed by atoms with van der Waals surface area (Å²) in [6.45, 7) is 9.84. The van der Waals surface area contributed by atoms with E-state index in [9.17, 15) is 35.1 Å². The first-order valence-corrected chi connectivity index (χ1v) is 22.0. The third kappa shape index (κ3) is 5.80.